The van der Waals surface area contributed by atoms with Gasteiger partial charge in [0.25, 0.3) is 11.8 Å². The van der Waals surface area contributed by atoms with Crippen LogP contribution in [0, 0.1) is 5.82 Å². The first kappa shape index (κ1) is 23.1. The second-order valence-corrected chi connectivity index (χ2v) is 9.09. The Bertz CT molecular complexity index is 1060. The summed E-state index contributed by atoms with van der Waals surface area (Å²) >= 11 is 9.92. The molecule has 1 fully saturated rings. The maximum Gasteiger partial charge on any atom is 0.269 e. The Balaban J connectivity index is 1.46. The Hall–Kier alpha value is -2.56. The summed E-state index contributed by atoms with van der Waals surface area (Å²) < 4.78 is 14.2. The molecular weight excluding hydrogens is 505 g/mol. The summed E-state index contributed by atoms with van der Waals surface area (Å²) in [4.78, 5) is 38.5. The fraction of sp³-hybridized carbons (Fsp3) is 0.143. The Morgan fingerprint density at radius 1 is 1.16 bits per heavy atom. The number of hydrazine groups is 1. The number of nitrogens with one attached hydrogen (secondary N) is 2. The van der Waals surface area contributed by atoms with Crippen LogP contribution in [0.15, 0.2) is 57.9 Å². The lowest BCUT2D eigenvalue weighted by molar-refractivity contribution is -0.124. The first-order valence-electron chi connectivity index (χ1n) is 9.19. The van der Waals surface area contributed by atoms with Crippen molar-refractivity contribution in [1.29, 1.82) is 0 Å². The molecule has 0 bridgehead atoms. The van der Waals surface area contributed by atoms with Crippen LogP contribution in [-0.2, 0) is 9.59 Å². The van der Waals surface area contributed by atoms with Crippen molar-refractivity contribution >= 4 is 68.0 Å². The summed E-state index contributed by atoms with van der Waals surface area (Å²) in [6.45, 7) is 0.291. The molecule has 0 unspecified atom stereocenters. The lowest BCUT2D eigenvalue weighted by Gasteiger charge is -2.14. The van der Waals surface area contributed by atoms with Crippen LogP contribution in [0.2, 0.25) is 0 Å². The van der Waals surface area contributed by atoms with E-state index in [9.17, 15) is 18.8 Å². The molecule has 0 spiro atoms. The summed E-state index contributed by atoms with van der Waals surface area (Å²) in [6.07, 6.45) is 2.24. The standard InChI is InChI=1S/C21H17BrFN3O3S2/c22-15-4-1-3-13(11-15)12-17-20(29)26(21(30)31-17)10-2-5-18(27)24-25-19(28)14-6-8-16(23)9-7-14/h1,3-4,6-9,11-12H,2,5,10H2,(H,24,27)(H,25,28)/b17-12-. The highest BCUT2D eigenvalue weighted by atomic mass is 79.9. The van der Waals surface area contributed by atoms with E-state index in [0.29, 0.717) is 22.2 Å². The van der Waals surface area contributed by atoms with Gasteiger partial charge >= 0.3 is 0 Å². The third kappa shape index (κ3) is 6.46. The quantitative estimate of drug-likeness (QED) is 0.341. The molecule has 3 amide bonds. The van der Waals surface area contributed by atoms with E-state index in [1.807, 2.05) is 24.3 Å². The van der Waals surface area contributed by atoms with Gasteiger partial charge in [-0.1, -0.05) is 52.0 Å². The van der Waals surface area contributed by atoms with Gasteiger partial charge in [0.1, 0.15) is 10.1 Å². The molecular formula is C21H17BrFN3O3S2. The van der Waals surface area contributed by atoms with Crippen molar-refractivity contribution in [3.8, 4) is 0 Å². The van der Waals surface area contributed by atoms with Crippen molar-refractivity contribution in [3.63, 3.8) is 0 Å². The zero-order chi connectivity index (χ0) is 22.4. The Kier molecular flexibility index (Phi) is 7.94. The van der Waals surface area contributed by atoms with E-state index in [0.717, 1.165) is 22.2 Å². The molecule has 0 aliphatic carbocycles. The molecule has 2 N–H and O–H groups in total. The largest absolute Gasteiger partial charge is 0.293 e. The predicted molar refractivity (Wildman–Crippen MR) is 125 cm³/mol. The van der Waals surface area contributed by atoms with Crippen LogP contribution in [0.25, 0.3) is 6.08 Å². The van der Waals surface area contributed by atoms with Crippen molar-refractivity contribution < 1.29 is 18.8 Å². The third-order valence-electron chi connectivity index (χ3n) is 4.23. The van der Waals surface area contributed by atoms with E-state index in [2.05, 4.69) is 26.8 Å². The topological polar surface area (TPSA) is 78.5 Å². The van der Waals surface area contributed by atoms with E-state index in [1.165, 1.54) is 28.8 Å². The molecule has 6 nitrogen and oxygen atoms in total. The summed E-state index contributed by atoms with van der Waals surface area (Å²) in [7, 11) is 0. The zero-order valence-corrected chi connectivity index (χ0v) is 19.3. The van der Waals surface area contributed by atoms with Crippen molar-refractivity contribution in [1.82, 2.24) is 15.8 Å². The van der Waals surface area contributed by atoms with Crippen molar-refractivity contribution in [2.45, 2.75) is 12.8 Å². The van der Waals surface area contributed by atoms with E-state index in [-0.39, 0.29) is 17.9 Å². The first-order valence-corrected chi connectivity index (χ1v) is 11.2. The zero-order valence-electron chi connectivity index (χ0n) is 16.1. The fourth-order valence-electron chi connectivity index (χ4n) is 2.70. The number of thioether (sulfide) groups is 1. The van der Waals surface area contributed by atoms with E-state index in [4.69, 9.17) is 12.2 Å². The fourth-order valence-corrected chi connectivity index (χ4v) is 4.43. The molecule has 0 aromatic heterocycles. The molecule has 1 heterocycles. The summed E-state index contributed by atoms with van der Waals surface area (Å²) in [5.74, 6) is -1.61. The minimum absolute atomic E-state index is 0.0887. The number of rotatable bonds is 6. The van der Waals surface area contributed by atoms with E-state index in [1.54, 1.807) is 6.08 Å². The second-order valence-electron chi connectivity index (χ2n) is 6.50. The highest BCUT2D eigenvalue weighted by Crippen LogP contribution is 2.33. The number of carbonyl (C=O) groups is 3. The molecule has 0 radical (unpaired) electrons. The van der Waals surface area contributed by atoms with Crippen LogP contribution < -0.4 is 10.9 Å². The average molecular weight is 522 g/mol. The SMILES string of the molecule is O=C(CCCN1C(=O)/C(=C/c2cccc(Br)c2)SC1=S)NNC(=O)c1ccc(F)cc1. The highest BCUT2D eigenvalue weighted by Gasteiger charge is 2.31. The Labute approximate surface area is 196 Å². The van der Waals surface area contributed by atoms with Crippen LogP contribution >= 0.6 is 39.9 Å². The van der Waals surface area contributed by atoms with E-state index < -0.39 is 17.6 Å². The van der Waals surface area contributed by atoms with Gasteiger partial charge in [0, 0.05) is 23.0 Å². The molecule has 2 aromatic carbocycles. The van der Waals surface area contributed by atoms with Gasteiger partial charge in [-0.3, -0.25) is 30.1 Å². The minimum Gasteiger partial charge on any atom is -0.293 e. The van der Waals surface area contributed by atoms with Gasteiger partial charge in [-0.05, 0) is 54.5 Å². The number of carbonyl (C=O) groups excluding carboxylic acids is 3. The third-order valence-corrected chi connectivity index (χ3v) is 6.10. The molecule has 2 aromatic rings. The maximum absolute atomic E-state index is 12.9. The summed E-state index contributed by atoms with van der Waals surface area (Å²) in [5.41, 5.74) is 5.67. The molecule has 31 heavy (non-hydrogen) atoms. The van der Waals surface area contributed by atoms with Crippen LogP contribution in [0.3, 0.4) is 0 Å². The van der Waals surface area contributed by atoms with Gasteiger partial charge in [-0.15, -0.1) is 0 Å². The molecule has 3 rings (SSSR count). The number of nitrogens with zero attached hydrogens (tertiary/aromatic N) is 1. The molecule has 0 saturated carbocycles. The van der Waals surface area contributed by atoms with Gasteiger partial charge in [-0.25, -0.2) is 4.39 Å². The number of halogens is 2. The highest BCUT2D eigenvalue weighted by molar-refractivity contribution is 9.10. The monoisotopic (exact) mass is 521 g/mol. The maximum atomic E-state index is 12.9. The van der Waals surface area contributed by atoms with Gasteiger partial charge < -0.3 is 0 Å². The summed E-state index contributed by atoms with van der Waals surface area (Å²) in [5, 5.41) is 0. The van der Waals surface area contributed by atoms with Crippen molar-refractivity contribution in [2.24, 2.45) is 0 Å². The number of hydrogen-bond acceptors (Lipinski definition) is 5. The number of benzene rings is 2. The first-order chi connectivity index (χ1) is 14.8. The van der Waals surface area contributed by atoms with Gasteiger partial charge in [-0.2, -0.15) is 0 Å². The molecule has 1 aliphatic heterocycles. The van der Waals surface area contributed by atoms with Crippen molar-refractivity contribution in [3.05, 3.63) is 74.9 Å². The lowest BCUT2D eigenvalue weighted by Crippen LogP contribution is -2.41. The van der Waals surface area contributed by atoms with E-state index >= 15 is 0 Å². The molecule has 160 valence electrons. The Morgan fingerprint density at radius 2 is 1.90 bits per heavy atom. The summed E-state index contributed by atoms with van der Waals surface area (Å²) in [6, 6.07) is 12.5. The number of amides is 3. The van der Waals surface area contributed by atoms with Crippen molar-refractivity contribution in [2.75, 3.05) is 6.54 Å². The molecule has 0 atom stereocenters. The lowest BCUT2D eigenvalue weighted by atomic mass is 10.2. The number of hydrogen-bond donors (Lipinski definition) is 2. The number of thiocarbonyl (C=S) groups is 1. The van der Waals surface area contributed by atoms with Gasteiger partial charge in [0.05, 0.1) is 4.91 Å². The Morgan fingerprint density at radius 3 is 2.61 bits per heavy atom. The molecule has 1 saturated heterocycles. The van der Waals surface area contributed by atoms with Crippen LogP contribution in [0.5, 0.6) is 0 Å². The normalized spacial score (nSPS) is 14.8. The van der Waals surface area contributed by atoms with Crippen LogP contribution in [0.1, 0.15) is 28.8 Å². The van der Waals surface area contributed by atoms with Gasteiger partial charge in [0.15, 0.2) is 0 Å². The smallest absolute Gasteiger partial charge is 0.269 e. The minimum atomic E-state index is -0.553. The molecule has 10 heteroatoms. The second kappa shape index (κ2) is 10.7. The van der Waals surface area contributed by atoms with Gasteiger partial charge in [0.2, 0.25) is 5.91 Å². The van der Waals surface area contributed by atoms with Crippen LogP contribution in [0.4, 0.5) is 4.39 Å². The molecule has 1 aliphatic rings. The predicted octanol–water partition coefficient (Wildman–Crippen LogP) is 4.03. The van der Waals surface area contributed by atoms with Crippen LogP contribution in [-0.4, -0.2) is 33.5 Å². The average Bonchev–Trinajstić information content (AvgIpc) is 3.00.